The van der Waals surface area contributed by atoms with Gasteiger partial charge in [-0.15, -0.1) is 0 Å². The summed E-state index contributed by atoms with van der Waals surface area (Å²) < 4.78 is 2.03. The van der Waals surface area contributed by atoms with Gasteiger partial charge in [0.05, 0.1) is 12.0 Å². The number of carbonyl (C=O) groups is 3. The van der Waals surface area contributed by atoms with Crippen LogP contribution in [-0.2, 0) is 29.5 Å². The highest BCUT2D eigenvalue weighted by molar-refractivity contribution is 6.09. The molecule has 1 aliphatic carbocycles. The summed E-state index contributed by atoms with van der Waals surface area (Å²) in [5.74, 6) is -2.20. The van der Waals surface area contributed by atoms with Gasteiger partial charge in [-0.1, -0.05) is 18.2 Å². The van der Waals surface area contributed by atoms with Crippen molar-refractivity contribution in [2.75, 3.05) is 0 Å². The summed E-state index contributed by atoms with van der Waals surface area (Å²) >= 11 is 0. The van der Waals surface area contributed by atoms with Gasteiger partial charge in [-0.25, -0.2) is 14.6 Å². The lowest BCUT2D eigenvalue weighted by Gasteiger charge is -2.19. The molecule has 1 aliphatic rings. The molecule has 150 valence electrons. The number of H-pyrrole nitrogens is 1. The molecule has 0 saturated heterocycles. The van der Waals surface area contributed by atoms with Crippen LogP contribution in [-0.4, -0.2) is 42.5 Å². The Morgan fingerprint density at radius 3 is 2.55 bits per heavy atom. The van der Waals surface area contributed by atoms with Crippen molar-refractivity contribution in [2.24, 2.45) is 13.0 Å². The molecule has 0 bridgehead atoms. The number of aliphatic carboxylic acids is 2. The number of nitrogens with one attached hydrogen (secondary N) is 1. The van der Waals surface area contributed by atoms with E-state index in [2.05, 4.69) is 16.0 Å². The maximum absolute atomic E-state index is 12.9. The number of carboxylic acid groups (broad SMARTS) is 2. The summed E-state index contributed by atoms with van der Waals surface area (Å²) in [6, 6.07) is 8.09. The first-order valence-corrected chi connectivity index (χ1v) is 9.10. The third kappa shape index (κ3) is 4.60. The second kappa shape index (κ2) is 8.55. The number of aromatic amines is 1. The number of carboxylic acids is 2. The van der Waals surface area contributed by atoms with Crippen LogP contribution >= 0.6 is 0 Å². The van der Waals surface area contributed by atoms with Crippen molar-refractivity contribution in [3.8, 4) is 0 Å². The van der Waals surface area contributed by atoms with Crippen LogP contribution < -0.4 is 0 Å². The minimum absolute atomic E-state index is 0.0590. The van der Waals surface area contributed by atoms with E-state index < -0.39 is 11.9 Å². The summed E-state index contributed by atoms with van der Waals surface area (Å²) in [5.41, 5.74) is 4.21. The molecule has 3 aromatic rings. The van der Waals surface area contributed by atoms with Crippen molar-refractivity contribution < 1.29 is 24.6 Å². The average molecular weight is 395 g/mol. The first-order chi connectivity index (χ1) is 13.9. The molecule has 8 heteroatoms. The summed E-state index contributed by atoms with van der Waals surface area (Å²) in [7, 11) is 1.99. The van der Waals surface area contributed by atoms with E-state index in [0.29, 0.717) is 12.2 Å². The Morgan fingerprint density at radius 1 is 1.17 bits per heavy atom. The normalized spacial score (nSPS) is 15.6. The van der Waals surface area contributed by atoms with Crippen molar-refractivity contribution >= 4 is 28.6 Å². The van der Waals surface area contributed by atoms with Gasteiger partial charge in [0.2, 0.25) is 0 Å². The number of benzene rings is 1. The molecule has 0 aliphatic heterocycles. The molecule has 0 amide bonds. The van der Waals surface area contributed by atoms with E-state index in [1.165, 1.54) is 0 Å². The number of aryl methyl sites for hydroxylation is 2. The predicted octanol–water partition coefficient (Wildman–Crippen LogP) is 2.60. The summed E-state index contributed by atoms with van der Waals surface area (Å²) in [6.07, 6.45) is 7.37. The van der Waals surface area contributed by atoms with Crippen molar-refractivity contribution in [3.05, 3.63) is 65.9 Å². The van der Waals surface area contributed by atoms with Crippen molar-refractivity contribution in [2.45, 2.75) is 19.3 Å². The topological polar surface area (TPSA) is 125 Å². The molecular formula is C21H21N3O5. The zero-order valence-corrected chi connectivity index (χ0v) is 15.8. The van der Waals surface area contributed by atoms with Crippen LogP contribution in [0.3, 0.4) is 0 Å². The van der Waals surface area contributed by atoms with Gasteiger partial charge in [-0.2, -0.15) is 0 Å². The summed E-state index contributed by atoms with van der Waals surface area (Å²) in [4.78, 5) is 39.5. The first-order valence-electron chi connectivity index (χ1n) is 9.10. The molecule has 1 aromatic carbocycles. The molecule has 0 unspecified atom stereocenters. The number of Topliss-reactive ketones (excluding diaryl/α,β-unsaturated/α-hetero) is 1. The Kier molecular flexibility index (Phi) is 5.92. The highest BCUT2D eigenvalue weighted by atomic mass is 16.4. The Hall–Kier alpha value is -3.68. The van der Waals surface area contributed by atoms with Gasteiger partial charge >= 0.3 is 11.9 Å². The standard InChI is InChI=1S/C17H17N3O.C4H4O4/c1-20-9-13(12-4-2-3-5-16(12)20)17(21)11-6-7-14-15(8-11)19-10-18-14;5-3(6)1-2-4(7)8/h2-5,9-11H,6-8H2,1H3,(H,18,19);1-2H,(H,5,6)(H,7,8)/b;2-1+/t11-;/m0./s1. The second-order valence-electron chi connectivity index (χ2n) is 6.81. The van der Waals surface area contributed by atoms with Crippen LogP contribution in [0.25, 0.3) is 10.9 Å². The van der Waals surface area contributed by atoms with E-state index in [9.17, 15) is 14.4 Å². The maximum atomic E-state index is 12.9. The number of para-hydroxylation sites is 1. The predicted molar refractivity (Wildman–Crippen MR) is 106 cm³/mol. The van der Waals surface area contributed by atoms with Crippen LogP contribution in [0.15, 0.2) is 48.9 Å². The van der Waals surface area contributed by atoms with Gasteiger partial charge in [-0.3, -0.25) is 4.79 Å². The highest BCUT2D eigenvalue weighted by Gasteiger charge is 2.28. The van der Waals surface area contributed by atoms with Crippen molar-refractivity contribution in [1.82, 2.24) is 14.5 Å². The van der Waals surface area contributed by atoms with E-state index in [1.54, 1.807) is 6.33 Å². The van der Waals surface area contributed by atoms with E-state index in [4.69, 9.17) is 10.2 Å². The minimum Gasteiger partial charge on any atom is -0.478 e. The Bertz CT molecular complexity index is 1080. The highest BCUT2D eigenvalue weighted by Crippen LogP contribution is 2.29. The molecule has 29 heavy (non-hydrogen) atoms. The maximum Gasteiger partial charge on any atom is 0.328 e. The Balaban J connectivity index is 0.000000258. The number of ketones is 1. The molecule has 4 rings (SSSR count). The van der Waals surface area contributed by atoms with Crippen LogP contribution in [0, 0.1) is 5.92 Å². The molecule has 0 fully saturated rings. The lowest BCUT2D eigenvalue weighted by atomic mass is 9.84. The number of fused-ring (bicyclic) bond motifs is 2. The smallest absolute Gasteiger partial charge is 0.328 e. The van der Waals surface area contributed by atoms with E-state index in [1.807, 2.05) is 36.0 Å². The molecule has 0 saturated carbocycles. The molecule has 0 radical (unpaired) electrons. The number of hydrogen-bond donors (Lipinski definition) is 3. The number of nitrogens with zero attached hydrogens (tertiary/aromatic N) is 2. The fourth-order valence-electron chi connectivity index (χ4n) is 3.53. The van der Waals surface area contributed by atoms with Crippen LogP contribution in [0.4, 0.5) is 0 Å². The van der Waals surface area contributed by atoms with E-state index in [0.717, 1.165) is 47.1 Å². The summed E-state index contributed by atoms with van der Waals surface area (Å²) in [5, 5.41) is 16.7. The Labute approximate surface area is 166 Å². The third-order valence-electron chi connectivity index (χ3n) is 4.89. The van der Waals surface area contributed by atoms with Gasteiger partial charge in [0.25, 0.3) is 0 Å². The largest absolute Gasteiger partial charge is 0.478 e. The van der Waals surface area contributed by atoms with Crippen LogP contribution in [0.2, 0.25) is 0 Å². The number of aromatic nitrogens is 3. The molecule has 1 atom stereocenters. The van der Waals surface area contributed by atoms with E-state index in [-0.39, 0.29) is 11.7 Å². The zero-order chi connectivity index (χ0) is 21.0. The number of imidazole rings is 1. The summed E-state index contributed by atoms with van der Waals surface area (Å²) in [6.45, 7) is 0. The van der Waals surface area contributed by atoms with Crippen molar-refractivity contribution in [1.29, 1.82) is 0 Å². The van der Waals surface area contributed by atoms with Gasteiger partial charge in [0.1, 0.15) is 0 Å². The number of carbonyl (C=O) groups excluding carboxylic acids is 1. The molecule has 3 N–H and O–H groups in total. The molecule has 2 aromatic heterocycles. The molecule has 8 nitrogen and oxygen atoms in total. The second-order valence-corrected chi connectivity index (χ2v) is 6.81. The zero-order valence-electron chi connectivity index (χ0n) is 15.8. The van der Waals surface area contributed by atoms with Gasteiger partial charge < -0.3 is 19.8 Å². The van der Waals surface area contributed by atoms with Gasteiger partial charge in [-0.05, 0) is 25.3 Å². The average Bonchev–Trinajstić information content (AvgIpc) is 3.30. The first kappa shape index (κ1) is 20.1. The fourth-order valence-corrected chi connectivity index (χ4v) is 3.53. The lowest BCUT2D eigenvalue weighted by molar-refractivity contribution is -0.134. The lowest BCUT2D eigenvalue weighted by Crippen LogP contribution is -2.22. The molecule has 2 heterocycles. The monoisotopic (exact) mass is 395 g/mol. The van der Waals surface area contributed by atoms with Crippen LogP contribution in [0.5, 0.6) is 0 Å². The molecule has 0 spiro atoms. The van der Waals surface area contributed by atoms with E-state index >= 15 is 0 Å². The minimum atomic E-state index is -1.26. The number of rotatable bonds is 4. The molecular weight excluding hydrogens is 374 g/mol. The SMILES string of the molecule is Cn1cc(C(=O)[C@H]2CCc3nc[nH]c3C2)c2ccccc21.O=C(O)/C=C/C(=O)O. The van der Waals surface area contributed by atoms with Gasteiger partial charge in [0, 0.05) is 53.5 Å². The Morgan fingerprint density at radius 2 is 1.86 bits per heavy atom. The quantitative estimate of drug-likeness (QED) is 0.461. The fraction of sp³-hybridized carbons (Fsp3) is 0.238. The van der Waals surface area contributed by atoms with Gasteiger partial charge in [0.15, 0.2) is 5.78 Å². The number of hydrogen-bond acceptors (Lipinski definition) is 4. The van der Waals surface area contributed by atoms with Crippen LogP contribution in [0.1, 0.15) is 28.2 Å². The van der Waals surface area contributed by atoms with Crippen molar-refractivity contribution in [3.63, 3.8) is 0 Å². The third-order valence-corrected chi connectivity index (χ3v) is 4.89.